The van der Waals surface area contributed by atoms with Crippen LogP contribution in [0.1, 0.15) is 27.4 Å². The van der Waals surface area contributed by atoms with Crippen LogP contribution >= 0.6 is 0 Å². The summed E-state index contributed by atoms with van der Waals surface area (Å²) in [5.74, 6) is 1.40. The highest BCUT2D eigenvalue weighted by atomic mass is 16.3. The van der Waals surface area contributed by atoms with Crippen molar-refractivity contribution in [3.8, 4) is 5.75 Å². The maximum absolute atomic E-state index is 12.1. The molecule has 16 heavy (non-hydrogen) atoms. The van der Waals surface area contributed by atoms with E-state index < -0.39 is 0 Å². The Kier molecular flexibility index (Phi) is 2.52. The lowest BCUT2D eigenvalue weighted by Crippen LogP contribution is -2.00. The minimum absolute atomic E-state index is 0.0886. The number of aryl methyl sites for hydroxylation is 2. The van der Waals surface area contributed by atoms with Gasteiger partial charge in [0.25, 0.3) is 0 Å². The van der Waals surface area contributed by atoms with Gasteiger partial charge in [-0.1, -0.05) is 0 Å². The van der Waals surface area contributed by atoms with Gasteiger partial charge in [-0.15, -0.1) is 0 Å². The predicted molar refractivity (Wildman–Crippen MR) is 59.7 cm³/mol. The van der Waals surface area contributed by atoms with Crippen LogP contribution in [0.15, 0.2) is 34.7 Å². The van der Waals surface area contributed by atoms with Gasteiger partial charge < -0.3 is 9.52 Å². The summed E-state index contributed by atoms with van der Waals surface area (Å²) >= 11 is 0. The van der Waals surface area contributed by atoms with Crippen LogP contribution in [-0.4, -0.2) is 10.9 Å². The second-order valence-electron chi connectivity index (χ2n) is 3.70. The zero-order valence-electron chi connectivity index (χ0n) is 9.15. The highest BCUT2D eigenvalue weighted by molar-refractivity contribution is 6.09. The Morgan fingerprint density at radius 2 is 1.81 bits per heavy atom. The molecule has 0 atom stereocenters. The van der Waals surface area contributed by atoms with E-state index in [1.165, 1.54) is 12.1 Å². The number of carbonyl (C=O) groups excluding carboxylic acids is 1. The SMILES string of the molecule is Cc1cc(C(=O)c2ccc(O)cc2)c(C)o1. The third-order valence-corrected chi connectivity index (χ3v) is 2.42. The molecule has 1 heterocycles. The van der Waals surface area contributed by atoms with Crippen molar-refractivity contribution < 1.29 is 14.3 Å². The molecule has 0 aliphatic rings. The van der Waals surface area contributed by atoms with Gasteiger partial charge in [0.05, 0.1) is 5.56 Å². The highest BCUT2D eigenvalue weighted by Crippen LogP contribution is 2.19. The summed E-state index contributed by atoms with van der Waals surface area (Å²) in [6, 6.07) is 7.91. The third-order valence-electron chi connectivity index (χ3n) is 2.42. The van der Waals surface area contributed by atoms with Crippen molar-refractivity contribution >= 4 is 5.78 Å². The Balaban J connectivity index is 2.39. The first kappa shape index (κ1) is 10.5. The molecule has 0 fully saturated rings. The lowest BCUT2D eigenvalue weighted by molar-refractivity contribution is 0.103. The average Bonchev–Trinajstić information content (AvgIpc) is 2.58. The van der Waals surface area contributed by atoms with Crippen LogP contribution in [0.5, 0.6) is 5.75 Å². The molecule has 1 aromatic heterocycles. The summed E-state index contributed by atoms with van der Waals surface area (Å²) < 4.78 is 5.31. The number of phenolic OH excluding ortho intramolecular Hbond substituents is 1. The van der Waals surface area contributed by atoms with Crippen LogP contribution in [0, 0.1) is 13.8 Å². The molecule has 0 aliphatic carbocycles. The lowest BCUT2D eigenvalue weighted by atomic mass is 10.0. The molecule has 0 saturated carbocycles. The van der Waals surface area contributed by atoms with Crippen molar-refractivity contribution in [2.24, 2.45) is 0 Å². The smallest absolute Gasteiger partial charge is 0.196 e. The molecule has 0 unspecified atom stereocenters. The van der Waals surface area contributed by atoms with Gasteiger partial charge in [0.2, 0.25) is 0 Å². The first-order valence-corrected chi connectivity index (χ1v) is 4.98. The van der Waals surface area contributed by atoms with Gasteiger partial charge in [0.1, 0.15) is 17.3 Å². The quantitative estimate of drug-likeness (QED) is 0.785. The molecule has 82 valence electrons. The Morgan fingerprint density at radius 1 is 1.19 bits per heavy atom. The number of hydrogen-bond acceptors (Lipinski definition) is 3. The fourth-order valence-corrected chi connectivity index (χ4v) is 1.62. The van der Waals surface area contributed by atoms with Gasteiger partial charge in [-0.3, -0.25) is 4.79 Å². The summed E-state index contributed by atoms with van der Waals surface area (Å²) in [5.41, 5.74) is 1.12. The van der Waals surface area contributed by atoms with E-state index in [4.69, 9.17) is 9.52 Å². The van der Waals surface area contributed by atoms with Gasteiger partial charge >= 0.3 is 0 Å². The number of rotatable bonds is 2. The molecule has 2 aromatic rings. The molecule has 1 aromatic carbocycles. The second-order valence-corrected chi connectivity index (χ2v) is 3.70. The Bertz CT molecular complexity index is 521. The number of aromatic hydroxyl groups is 1. The van der Waals surface area contributed by atoms with Crippen molar-refractivity contribution in [2.75, 3.05) is 0 Å². The van der Waals surface area contributed by atoms with Crippen molar-refractivity contribution in [3.63, 3.8) is 0 Å². The van der Waals surface area contributed by atoms with Crippen LogP contribution in [-0.2, 0) is 0 Å². The monoisotopic (exact) mass is 216 g/mol. The maximum atomic E-state index is 12.1. The number of phenols is 1. The standard InChI is InChI=1S/C13H12O3/c1-8-7-12(9(2)16-8)13(15)10-3-5-11(14)6-4-10/h3-7,14H,1-2H3. The molecular formula is C13H12O3. The molecule has 3 heteroatoms. The molecule has 0 aliphatic heterocycles. The molecule has 0 bridgehead atoms. The zero-order chi connectivity index (χ0) is 11.7. The summed E-state index contributed by atoms with van der Waals surface area (Å²) in [5, 5.41) is 9.14. The van der Waals surface area contributed by atoms with E-state index in [9.17, 15) is 4.79 Å². The molecule has 0 radical (unpaired) electrons. The molecular weight excluding hydrogens is 204 g/mol. The fraction of sp³-hybridized carbons (Fsp3) is 0.154. The van der Waals surface area contributed by atoms with Gasteiger partial charge in [-0.25, -0.2) is 0 Å². The van der Waals surface area contributed by atoms with Crippen LogP contribution in [0.25, 0.3) is 0 Å². The minimum atomic E-state index is -0.0886. The second kappa shape index (κ2) is 3.85. The topological polar surface area (TPSA) is 50.4 Å². The van der Waals surface area contributed by atoms with Crippen LogP contribution in [0.3, 0.4) is 0 Å². The predicted octanol–water partition coefficient (Wildman–Crippen LogP) is 2.83. The van der Waals surface area contributed by atoms with E-state index in [0.29, 0.717) is 16.9 Å². The van der Waals surface area contributed by atoms with Crippen molar-refractivity contribution in [1.29, 1.82) is 0 Å². The van der Waals surface area contributed by atoms with Gasteiger partial charge in [0, 0.05) is 5.56 Å². The summed E-state index contributed by atoms with van der Waals surface area (Å²) in [4.78, 5) is 12.1. The van der Waals surface area contributed by atoms with Crippen molar-refractivity contribution in [2.45, 2.75) is 13.8 Å². The Morgan fingerprint density at radius 3 is 2.31 bits per heavy atom. The third kappa shape index (κ3) is 1.84. The van der Waals surface area contributed by atoms with E-state index in [0.717, 1.165) is 5.76 Å². The summed E-state index contributed by atoms with van der Waals surface area (Å²) in [6.07, 6.45) is 0. The largest absolute Gasteiger partial charge is 0.508 e. The molecule has 2 rings (SSSR count). The van der Waals surface area contributed by atoms with Crippen LogP contribution in [0.2, 0.25) is 0 Å². The van der Waals surface area contributed by atoms with E-state index in [1.54, 1.807) is 32.0 Å². The van der Waals surface area contributed by atoms with E-state index in [1.807, 2.05) is 0 Å². The van der Waals surface area contributed by atoms with E-state index >= 15 is 0 Å². The maximum Gasteiger partial charge on any atom is 0.196 e. The van der Waals surface area contributed by atoms with Crippen LogP contribution < -0.4 is 0 Å². The minimum Gasteiger partial charge on any atom is -0.508 e. The number of ketones is 1. The van der Waals surface area contributed by atoms with Gasteiger partial charge in [-0.05, 0) is 44.2 Å². The van der Waals surface area contributed by atoms with E-state index in [2.05, 4.69) is 0 Å². The fourth-order valence-electron chi connectivity index (χ4n) is 1.62. The van der Waals surface area contributed by atoms with Crippen molar-refractivity contribution in [1.82, 2.24) is 0 Å². The Hall–Kier alpha value is -2.03. The van der Waals surface area contributed by atoms with Gasteiger partial charge in [0.15, 0.2) is 5.78 Å². The molecule has 0 spiro atoms. The molecule has 0 saturated heterocycles. The number of carbonyl (C=O) groups is 1. The van der Waals surface area contributed by atoms with Crippen molar-refractivity contribution in [3.05, 3.63) is 53.0 Å². The first-order valence-electron chi connectivity index (χ1n) is 4.98. The molecule has 1 N–H and O–H groups in total. The number of hydrogen-bond donors (Lipinski definition) is 1. The lowest BCUT2D eigenvalue weighted by Gasteiger charge is -1.99. The van der Waals surface area contributed by atoms with E-state index in [-0.39, 0.29) is 11.5 Å². The average molecular weight is 216 g/mol. The van der Waals surface area contributed by atoms with Gasteiger partial charge in [-0.2, -0.15) is 0 Å². The Labute approximate surface area is 93.3 Å². The summed E-state index contributed by atoms with van der Waals surface area (Å²) in [6.45, 7) is 3.57. The zero-order valence-corrected chi connectivity index (χ0v) is 9.15. The first-order chi connectivity index (χ1) is 7.58. The molecule has 3 nitrogen and oxygen atoms in total. The number of benzene rings is 1. The molecule has 0 amide bonds. The highest BCUT2D eigenvalue weighted by Gasteiger charge is 2.15. The summed E-state index contributed by atoms with van der Waals surface area (Å²) in [7, 11) is 0. The normalized spacial score (nSPS) is 10.4. The van der Waals surface area contributed by atoms with Crippen LogP contribution in [0.4, 0.5) is 0 Å². The number of furan rings is 1.